The average Bonchev–Trinajstić information content (AvgIpc) is 3.28. The number of Topliss-reactive ketones (excluding diaryl/α,β-unsaturated/α-hetero) is 2. The van der Waals surface area contributed by atoms with E-state index in [-0.39, 0.29) is 11.6 Å². The van der Waals surface area contributed by atoms with Gasteiger partial charge in [-0.25, -0.2) is 0 Å². The topological polar surface area (TPSA) is 40.6 Å². The summed E-state index contributed by atoms with van der Waals surface area (Å²) in [6.45, 7) is 11.4. The fraction of sp³-hybridized carbons (Fsp3) is 0.562. The lowest BCUT2D eigenvalue weighted by molar-refractivity contribution is 0.0963. The predicted octanol–water partition coefficient (Wildman–Crippen LogP) is 7.44. The molecule has 2 aromatic carbocycles. The molecule has 3 heterocycles. The molecule has 1 aromatic heterocycles. The van der Waals surface area contributed by atoms with Crippen molar-refractivity contribution < 1.29 is 9.59 Å². The zero-order valence-corrected chi connectivity index (χ0v) is 23.5. The van der Waals surface area contributed by atoms with Crippen LogP contribution in [0.3, 0.4) is 0 Å². The van der Waals surface area contributed by atoms with Gasteiger partial charge >= 0.3 is 0 Å². The molecule has 2 saturated heterocycles. The maximum Gasteiger partial charge on any atom is 0.162 e. The van der Waals surface area contributed by atoms with Gasteiger partial charge in [0.05, 0.1) is 0 Å². The van der Waals surface area contributed by atoms with Crippen LogP contribution in [0.4, 0.5) is 0 Å². The van der Waals surface area contributed by atoms with Gasteiger partial charge in [0.2, 0.25) is 0 Å². The zero-order chi connectivity index (χ0) is 25.8. The summed E-state index contributed by atoms with van der Waals surface area (Å²) in [4.78, 5) is 31.0. The largest absolute Gasteiger partial charge is 0.303 e. The highest BCUT2D eigenvalue weighted by molar-refractivity contribution is 7.25. The van der Waals surface area contributed by atoms with E-state index in [1.807, 2.05) is 12.1 Å². The predicted molar refractivity (Wildman–Crippen MR) is 156 cm³/mol. The lowest BCUT2D eigenvalue weighted by atomic mass is 9.98. The van der Waals surface area contributed by atoms with Crippen LogP contribution in [0.2, 0.25) is 0 Å². The second-order valence-electron chi connectivity index (χ2n) is 11.6. The summed E-state index contributed by atoms with van der Waals surface area (Å²) in [7, 11) is 0. The Balaban J connectivity index is 1.20. The van der Waals surface area contributed by atoms with Crippen LogP contribution in [0.1, 0.15) is 85.9 Å². The molecule has 0 N–H and O–H groups in total. The summed E-state index contributed by atoms with van der Waals surface area (Å²) >= 11 is 1.74. The summed E-state index contributed by atoms with van der Waals surface area (Å²) in [5.41, 5.74) is 1.60. The molecule has 0 saturated carbocycles. The van der Waals surface area contributed by atoms with Crippen molar-refractivity contribution in [3.05, 3.63) is 47.5 Å². The smallest absolute Gasteiger partial charge is 0.162 e. The molecule has 0 unspecified atom stereocenters. The molecular weight excluding hydrogens is 476 g/mol. The van der Waals surface area contributed by atoms with E-state index in [1.165, 1.54) is 61.3 Å². The number of ketones is 2. The van der Waals surface area contributed by atoms with Crippen molar-refractivity contribution in [3.63, 3.8) is 0 Å². The first kappa shape index (κ1) is 26.5. The van der Waals surface area contributed by atoms with E-state index >= 15 is 0 Å². The number of nitrogens with zero attached hydrogens (tertiary/aromatic N) is 2. The Labute approximate surface area is 226 Å². The Bertz CT molecular complexity index is 1140. The second kappa shape index (κ2) is 12.2. The first-order valence-corrected chi connectivity index (χ1v) is 15.3. The monoisotopic (exact) mass is 518 g/mol. The SMILES string of the molecule is CC1CCN(CCCC(=O)c2ccc3sc4ccc(C(=O)CCCN5CCC(C)CC5)cc4c3c2)CC1. The fourth-order valence-corrected chi connectivity index (χ4v) is 6.98. The third-order valence-corrected chi connectivity index (χ3v) is 9.77. The molecule has 37 heavy (non-hydrogen) atoms. The Morgan fingerprint density at radius 3 is 1.51 bits per heavy atom. The quantitative estimate of drug-likeness (QED) is 0.261. The molecule has 0 atom stereocenters. The van der Waals surface area contributed by atoms with Crippen LogP contribution in [0.15, 0.2) is 36.4 Å². The molecule has 198 valence electrons. The van der Waals surface area contributed by atoms with Crippen LogP contribution in [-0.4, -0.2) is 60.6 Å². The molecule has 2 aliphatic rings. The summed E-state index contributed by atoms with van der Waals surface area (Å²) in [6, 6.07) is 12.3. The van der Waals surface area contributed by atoms with Crippen LogP contribution in [0.5, 0.6) is 0 Å². The molecule has 3 aromatic rings. The van der Waals surface area contributed by atoms with E-state index in [0.717, 1.165) is 59.7 Å². The lowest BCUT2D eigenvalue weighted by Crippen LogP contribution is -2.33. The standard InChI is InChI=1S/C32H42N2O2S/c1-23-11-17-33(18-12-23)15-3-5-29(35)25-7-9-31-27(21-25)28-22-26(8-10-32(28)37-31)30(36)6-4-16-34-19-13-24(2)14-20-34/h7-10,21-24H,3-6,11-20H2,1-2H3. The van der Waals surface area contributed by atoms with Gasteiger partial charge in [-0.05, 0) is 126 Å². The number of benzene rings is 2. The number of thiophene rings is 1. The van der Waals surface area contributed by atoms with Crippen molar-refractivity contribution in [1.29, 1.82) is 0 Å². The number of likely N-dealkylation sites (tertiary alicyclic amines) is 2. The van der Waals surface area contributed by atoms with Crippen molar-refractivity contribution in [2.24, 2.45) is 11.8 Å². The third kappa shape index (κ3) is 6.68. The number of fused-ring (bicyclic) bond motifs is 3. The van der Waals surface area contributed by atoms with Crippen LogP contribution < -0.4 is 0 Å². The molecule has 0 aliphatic carbocycles. The van der Waals surface area contributed by atoms with Crippen LogP contribution in [-0.2, 0) is 0 Å². The van der Waals surface area contributed by atoms with Gasteiger partial charge in [-0.2, -0.15) is 0 Å². The summed E-state index contributed by atoms with van der Waals surface area (Å²) in [5, 5.41) is 2.21. The van der Waals surface area contributed by atoms with Crippen molar-refractivity contribution in [2.75, 3.05) is 39.3 Å². The summed E-state index contributed by atoms with van der Waals surface area (Å²) < 4.78 is 2.36. The third-order valence-electron chi connectivity index (χ3n) is 8.62. The van der Waals surface area contributed by atoms with Gasteiger partial charge in [0.15, 0.2) is 11.6 Å². The van der Waals surface area contributed by atoms with E-state index in [2.05, 4.69) is 47.9 Å². The molecule has 0 spiro atoms. The van der Waals surface area contributed by atoms with Crippen molar-refractivity contribution in [1.82, 2.24) is 9.80 Å². The first-order valence-electron chi connectivity index (χ1n) is 14.4. The van der Waals surface area contributed by atoms with Crippen molar-refractivity contribution in [2.45, 2.75) is 65.2 Å². The molecule has 0 amide bonds. The van der Waals surface area contributed by atoms with Crippen molar-refractivity contribution >= 4 is 43.1 Å². The minimum absolute atomic E-state index is 0.228. The normalized spacial score (nSPS) is 18.6. The van der Waals surface area contributed by atoms with Gasteiger partial charge in [0, 0.05) is 44.1 Å². The maximum atomic E-state index is 13.0. The number of hydrogen-bond acceptors (Lipinski definition) is 5. The van der Waals surface area contributed by atoms with Gasteiger partial charge in [-0.3, -0.25) is 9.59 Å². The zero-order valence-electron chi connectivity index (χ0n) is 22.6. The van der Waals surface area contributed by atoms with Crippen LogP contribution in [0, 0.1) is 11.8 Å². The molecule has 2 aliphatic heterocycles. The fourth-order valence-electron chi connectivity index (χ4n) is 5.91. The lowest BCUT2D eigenvalue weighted by Gasteiger charge is -2.30. The van der Waals surface area contributed by atoms with E-state index < -0.39 is 0 Å². The number of rotatable bonds is 10. The van der Waals surface area contributed by atoms with E-state index in [9.17, 15) is 9.59 Å². The molecule has 0 radical (unpaired) electrons. The van der Waals surface area contributed by atoms with Gasteiger partial charge in [-0.1, -0.05) is 13.8 Å². The maximum absolute atomic E-state index is 13.0. The second-order valence-corrected chi connectivity index (χ2v) is 12.7. The number of piperidine rings is 2. The van der Waals surface area contributed by atoms with Gasteiger partial charge < -0.3 is 9.80 Å². The summed E-state index contributed by atoms with van der Waals surface area (Å²) in [5.74, 6) is 2.13. The molecule has 2 fully saturated rings. The Morgan fingerprint density at radius 1 is 0.703 bits per heavy atom. The van der Waals surface area contributed by atoms with Gasteiger partial charge in [0.1, 0.15) is 0 Å². The number of carbonyl (C=O) groups excluding carboxylic acids is 2. The molecule has 5 heteroatoms. The van der Waals surface area contributed by atoms with E-state index in [0.29, 0.717) is 12.8 Å². The Hall–Kier alpha value is -2.08. The highest BCUT2D eigenvalue weighted by atomic mass is 32.1. The van der Waals surface area contributed by atoms with E-state index in [1.54, 1.807) is 11.3 Å². The minimum atomic E-state index is 0.228. The molecule has 5 rings (SSSR count). The van der Waals surface area contributed by atoms with Crippen molar-refractivity contribution in [3.8, 4) is 0 Å². The van der Waals surface area contributed by atoms with Crippen LogP contribution >= 0.6 is 11.3 Å². The van der Waals surface area contributed by atoms with Gasteiger partial charge in [-0.15, -0.1) is 11.3 Å². The Kier molecular flexibility index (Phi) is 8.74. The van der Waals surface area contributed by atoms with Gasteiger partial charge in [0.25, 0.3) is 0 Å². The minimum Gasteiger partial charge on any atom is -0.303 e. The molecule has 4 nitrogen and oxygen atoms in total. The molecular formula is C32H42N2O2S. The summed E-state index contributed by atoms with van der Waals surface area (Å²) in [6.07, 6.45) is 8.14. The first-order chi connectivity index (χ1) is 18.0. The molecule has 0 bridgehead atoms. The van der Waals surface area contributed by atoms with E-state index in [4.69, 9.17) is 0 Å². The highest BCUT2D eigenvalue weighted by Crippen LogP contribution is 2.35. The van der Waals surface area contributed by atoms with Crippen LogP contribution in [0.25, 0.3) is 20.2 Å². The average molecular weight is 519 g/mol. The number of carbonyl (C=O) groups is 2. The highest BCUT2D eigenvalue weighted by Gasteiger charge is 2.18. The Morgan fingerprint density at radius 2 is 1.11 bits per heavy atom. The number of hydrogen-bond donors (Lipinski definition) is 0.